The Morgan fingerprint density at radius 1 is 0.903 bits per heavy atom. The van der Waals surface area contributed by atoms with Crippen LogP contribution in [0.1, 0.15) is 56.3 Å². The van der Waals surface area contributed by atoms with Gasteiger partial charge in [-0.3, -0.25) is 9.59 Å². The van der Waals surface area contributed by atoms with Crippen LogP contribution >= 0.6 is 0 Å². The van der Waals surface area contributed by atoms with Crippen LogP contribution in [0, 0.1) is 5.92 Å². The highest BCUT2D eigenvalue weighted by atomic mass is 32.2. The van der Waals surface area contributed by atoms with Gasteiger partial charge in [0.15, 0.2) is 0 Å². The lowest BCUT2D eigenvalue weighted by molar-refractivity contribution is -0.118. The summed E-state index contributed by atoms with van der Waals surface area (Å²) in [4.78, 5) is 24.6. The zero-order valence-corrected chi connectivity index (χ0v) is 18.7. The van der Waals surface area contributed by atoms with Gasteiger partial charge in [-0.25, -0.2) is 13.1 Å². The number of sulfonamides is 1. The summed E-state index contributed by atoms with van der Waals surface area (Å²) in [7, 11) is -3.58. The van der Waals surface area contributed by atoms with Crippen molar-refractivity contribution in [1.29, 1.82) is 0 Å². The summed E-state index contributed by atoms with van der Waals surface area (Å²) in [6.45, 7) is 3.58. The molecule has 2 aromatic carbocycles. The number of carbonyl (C=O) groups excluding carboxylic acids is 2. The van der Waals surface area contributed by atoms with Crippen LogP contribution in [0.5, 0.6) is 0 Å². The normalized spacial score (nSPS) is 14.9. The molecule has 0 saturated heterocycles. The van der Waals surface area contributed by atoms with Gasteiger partial charge in [0.2, 0.25) is 15.9 Å². The largest absolute Gasteiger partial charge is 0.326 e. The number of nitrogens with one attached hydrogen (secondary N) is 3. The molecule has 1 aliphatic carbocycles. The summed E-state index contributed by atoms with van der Waals surface area (Å²) in [6.07, 6.45) is 4.97. The lowest BCUT2D eigenvalue weighted by atomic mass is 9.96. The molecule has 7 nitrogen and oxygen atoms in total. The molecule has 0 bridgehead atoms. The van der Waals surface area contributed by atoms with E-state index in [2.05, 4.69) is 15.4 Å². The van der Waals surface area contributed by atoms with Crippen LogP contribution in [0.25, 0.3) is 0 Å². The number of rotatable bonds is 7. The van der Waals surface area contributed by atoms with Gasteiger partial charge in [-0.05, 0) is 55.3 Å². The fourth-order valence-electron chi connectivity index (χ4n) is 3.45. The Balaban J connectivity index is 1.64. The number of hydrogen-bond acceptors (Lipinski definition) is 4. The van der Waals surface area contributed by atoms with Crippen LogP contribution in [0.3, 0.4) is 0 Å². The van der Waals surface area contributed by atoms with Crippen molar-refractivity contribution in [3.8, 4) is 0 Å². The molecule has 0 spiro atoms. The predicted octanol–water partition coefficient (Wildman–Crippen LogP) is 4.14. The highest BCUT2D eigenvalue weighted by molar-refractivity contribution is 7.89. The van der Waals surface area contributed by atoms with Crippen molar-refractivity contribution in [1.82, 2.24) is 4.72 Å². The highest BCUT2D eigenvalue weighted by Crippen LogP contribution is 2.21. The average molecular weight is 444 g/mol. The first-order chi connectivity index (χ1) is 14.7. The Morgan fingerprint density at radius 3 is 2.23 bits per heavy atom. The van der Waals surface area contributed by atoms with Crippen molar-refractivity contribution in [2.75, 3.05) is 10.6 Å². The lowest BCUT2D eigenvalue weighted by Gasteiger charge is -2.22. The Labute approximate surface area is 183 Å². The van der Waals surface area contributed by atoms with Gasteiger partial charge in [-0.2, -0.15) is 0 Å². The minimum Gasteiger partial charge on any atom is -0.326 e. The first-order valence-electron chi connectivity index (χ1n) is 10.6. The molecule has 0 atom stereocenters. The molecule has 8 heteroatoms. The van der Waals surface area contributed by atoms with Gasteiger partial charge in [0.05, 0.1) is 4.90 Å². The zero-order valence-electron chi connectivity index (χ0n) is 17.9. The molecule has 1 aliphatic rings. The maximum Gasteiger partial charge on any atom is 0.255 e. The van der Waals surface area contributed by atoms with Crippen molar-refractivity contribution in [3.63, 3.8) is 0 Å². The molecule has 3 rings (SSSR count). The summed E-state index contributed by atoms with van der Waals surface area (Å²) in [6, 6.07) is 12.8. The molecule has 31 heavy (non-hydrogen) atoms. The molecular weight excluding hydrogens is 414 g/mol. The quantitative estimate of drug-likeness (QED) is 0.598. The van der Waals surface area contributed by atoms with Crippen LogP contribution in [0.2, 0.25) is 0 Å². The second-order valence-corrected chi connectivity index (χ2v) is 9.87. The van der Waals surface area contributed by atoms with E-state index in [-0.39, 0.29) is 28.7 Å². The standard InChI is InChI=1S/C23H29N3O4S/c1-16(2)22(27)25-20-10-6-7-17(15-20)23(28)24-18-11-13-21(14-12-18)31(29,30)26-19-8-4-3-5-9-19/h6-7,10-16,19,26H,3-5,8-9H2,1-2H3,(H,24,28)(H,25,27). The van der Waals surface area contributed by atoms with E-state index in [9.17, 15) is 18.0 Å². The first-order valence-corrected chi connectivity index (χ1v) is 12.1. The van der Waals surface area contributed by atoms with E-state index in [4.69, 9.17) is 0 Å². The van der Waals surface area contributed by atoms with E-state index in [1.165, 1.54) is 12.1 Å². The van der Waals surface area contributed by atoms with Gasteiger partial charge < -0.3 is 10.6 Å². The first kappa shape index (κ1) is 23.0. The van der Waals surface area contributed by atoms with E-state index < -0.39 is 10.0 Å². The Hall–Kier alpha value is -2.71. The summed E-state index contributed by atoms with van der Waals surface area (Å²) in [5.74, 6) is -0.646. The number of carbonyl (C=O) groups is 2. The number of amides is 2. The van der Waals surface area contributed by atoms with E-state index in [0.29, 0.717) is 16.9 Å². The third kappa shape index (κ3) is 6.38. The maximum atomic E-state index is 12.6. The van der Waals surface area contributed by atoms with Crippen molar-refractivity contribution in [2.45, 2.75) is 56.9 Å². The van der Waals surface area contributed by atoms with Crippen LogP contribution < -0.4 is 15.4 Å². The third-order valence-corrected chi connectivity index (χ3v) is 6.80. The van der Waals surface area contributed by atoms with Gasteiger partial charge in [0, 0.05) is 28.9 Å². The fourth-order valence-corrected chi connectivity index (χ4v) is 4.76. The molecule has 1 fully saturated rings. The molecule has 1 saturated carbocycles. The number of hydrogen-bond donors (Lipinski definition) is 3. The van der Waals surface area contributed by atoms with Gasteiger partial charge in [0.1, 0.15) is 0 Å². The zero-order chi connectivity index (χ0) is 22.4. The average Bonchev–Trinajstić information content (AvgIpc) is 2.74. The maximum absolute atomic E-state index is 12.6. The van der Waals surface area contributed by atoms with Gasteiger partial charge in [-0.15, -0.1) is 0 Å². The fraction of sp³-hybridized carbons (Fsp3) is 0.391. The summed E-state index contributed by atoms with van der Waals surface area (Å²) in [5.41, 5.74) is 1.41. The molecule has 2 aromatic rings. The Kier molecular flexibility index (Phi) is 7.46. The van der Waals surface area contributed by atoms with Crippen LogP contribution in [-0.2, 0) is 14.8 Å². The number of anilines is 2. The SMILES string of the molecule is CC(C)C(=O)Nc1cccc(C(=O)Nc2ccc(S(=O)(=O)NC3CCCCC3)cc2)c1. The second-order valence-electron chi connectivity index (χ2n) is 8.16. The summed E-state index contributed by atoms with van der Waals surface area (Å²) < 4.78 is 28.0. The van der Waals surface area contributed by atoms with Gasteiger partial charge >= 0.3 is 0 Å². The van der Waals surface area contributed by atoms with Crippen molar-refractivity contribution in [3.05, 3.63) is 54.1 Å². The summed E-state index contributed by atoms with van der Waals surface area (Å²) >= 11 is 0. The van der Waals surface area contributed by atoms with Crippen molar-refractivity contribution in [2.24, 2.45) is 5.92 Å². The topological polar surface area (TPSA) is 104 Å². The van der Waals surface area contributed by atoms with Gasteiger partial charge in [0.25, 0.3) is 5.91 Å². The third-order valence-electron chi connectivity index (χ3n) is 5.27. The number of benzene rings is 2. The smallest absolute Gasteiger partial charge is 0.255 e. The van der Waals surface area contributed by atoms with Crippen LogP contribution in [0.4, 0.5) is 11.4 Å². The predicted molar refractivity (Wildman–Crippen MR) is 121 cm³/mol. The molecule has 0 radical (unpaired) electrons. The minimum absolute atomic E-state index is 0.0124. The molecule has 166 valence electrons. The molecule has 0 aromatic heterocycles. The van der Waals surface area contributed by atoms with E-state index in [1.54, 1.807) is 50.2 Å². The molecule has 0 aliphatic heterocycles. The van der Waals surface area contributed by atoms with Gasteiger partial charge in [-0.1, -0.05) is 39.2 Å². The summed E-state index contributed by atoms with van der Waals surface area (Å²) in [5, 5.41) is 5.52. The molecule has 0 unspecified atom stereocenters. The van der Waals surface area contributed by atoms with E-state index in [0.717, 1.165) is 32.1 Å². The monoisotopic (exact) mass is 443 g/mol. The second kappa shape index (κ2) is 10.1. The highest BCUT2D eigenvalue weighted by Gasteiger charge is 2.21. The molecule has 3 N–H and O–H groups in total. The minimum atomic E-state index is -3.58. The lowest BCUT2D eigenvalue weighted by Crippen LogP contribution is -2.36. The molecule has 2 amide bonds. The van der Waals surface area contributed by atoms with E-state index in [1.807, 2.05) is 0 Å². The van der Waals surface area contributed by atoms with Crippen LogP contribution in [0.15, 0.2) is 53.4 Å². The van der Waals surface area contributed by atoms with E-state index >= 15 is 0 Å². The Bertz CT molecular complexity index is 1030. The molecule has 0 heterocycles. The van der Waals surface area contributed by atoms with Crippen molar-refractivity contribution >= 4 is 33.2 Å². The Morgan fingerprint density at radius 2 is 1.58 bits per heavy atom. The van der Waals surface area contributed by atoms with Crippen molar-refractivity contribution < 1.29 is 18.0 Å². The molecular formula is C23H29N3O4S. The van der Waals surface area contributed by atoms with Crippen LogP contribution in [-0.4, -0.2) is 26.3 Å².